The summed E-state index contributed by atoms with van der Waals surface area (Å²) in [4.78, 5) is 16.8. The SMILES string of the molecule is CCOC(=O)CCc1ccc(OCc2nc3ccc(Oc4cccc(NCCO)c4)cc3n2C)cc1OCc1ccc(Cl)cc1. The maximum Gasteiger partial charge on any atom is 0.306 e. The number of ether oxygens (including phenoxy) is 4. The highest BCUT2D eigenvalue weighted by Crippen LogP contribution is 2.30. The fourth-order valence-electron chi connectivity index (χ4n) is 4.74. The van der Waals surface area contributed by atoms with E-state index in [1.54, 1.807) is 6.92 Å². The van der Waals surface area contributed by atoms with Gasteiger partial charge in [-0.15, -0.1) is 0 Å². The number of hydrogen-bond donors (Lipinski definition) is 2. The zero-order chi connectivity index (χ0) is 31.6. The first-order chi connectivity index (χ1) is 21.9. The van der Waals surface area contributed by atoms with Gasteiger partial charge in [-0.1, -0.05) is 35.9 Å². The third-order valence-corrected chi connectivity index (χ3v) is 7.33. The minimum Gasteiger partial charge on any atom is -0.488 e. The second-order valence-corrected chi connectivity index (χ2v) is 10.7. The monoisotopic (exact) mass is 629 g/mol. The number of halogens is 1. The fraction of sp³-hybridized carbons (Fsp3) is 0.257. The molecule has 0 amide bonds. The van der Waals surface area contributed by atoms with Crippen molar-refractivity contribution in [1.29, 1.82) is 0 Å². The van der Waals surface area contributed by atoms with E-state index >= 15 is 0 Å². The van der Waals surface area contributed by atoms with Gasteiger partial charge in [0.2, 0.25) is 0 Å². The molecule has 5 aromatic rings. The second-order valence-electron chi connectivity index (χ2n) is 10.3. The molecule has 1 heterocycles. The molecule has 0 bridgehead atoms. The van der Waals surface area contributed by atoms with Crippen molar-refractivity contribution in [3.05, 3.63) is 107 Å². The maximum atomic E-state index is 12.0. The number of carbonyl (C=O) groups excluding carboxylic acids is 1. The molecule has 0 unspecified atom stereocenters. The van der Waals surface area contributed by atoms with Crippen LogP contribution in [0.3, 0.4) is 0 Å². The zero-order valence-electron chi connectivity index (χ0n) is 25.3. The molecule has 4 aromatic carbocycles. The Morgan fingerprint density at radius 2 is 1.73 bits per heavy atom. The average Bonchev–Trinajstić information content (AvgIpc) is 3.36. The molecule has 9 nitrogen and oxygen atoms in total. The first-order valence-corrected chi connectivity index (χ1v) is 15.2. The number of aliphatic hydroxyl groups excluding tert-OH is 1. The van der Waals surface area contributed by atoms with Crippen LogP contribution in [-0.4, -0.2) is 40.4 Å². The van der Waals surface area contributed by atoms with E-state index in [0.29, 0.717) is 54.2 Å². The van der Waals surface area contributed by atoms with Crippen molar-refractivity contribution in [1.82, 2.24) is 9.55 Å². The molecular weight excluding hydrogens is 594 g/mol. The van der Waals surface area contributed by atoms with Crippen LogP contribution in [-0.2, 0) is 36.2 Å². The van der Waals surface area contributed by atoms with Gasteiger partial charge in [-0.05, 0) is 66.9 Å². The van der Waals surface area contributed by atoms with Crippen LogP contribution in [0, 0.1) is 0 Å². The van der Waals surface area contributed by atoms with Gasteiger partial charge in [0.15, 0.2) is 0 Å². The molecule has 45 heavy (non-hydrogen) atoms. The van der Waals surface area contributed by atoms with Crippen molar-refractivity contribution >= 4 is 34.3 Å². The van der Waals surface area contributed by atoms with E-state index in [-0.39, 0.29) is 25.6 Å². The predicted molar refractivity (Wildman–Crippen MR) is 174 cm³/mol. The molecule has 2 N–H and O–H groups in total. The van der Waals surface area contributed by atoms with E-state index in [9.17, 15) is 4.79 Å². The molecule has 10 heteroatoms. The van der Waals surface area contributed by atoms with Crippen LogP contribution >= 0.6 is 11.6 Å². The van der Waals surface area contributed by atoms with Gasteiger partial charge in [-0.2, -0.15) is 0 Å². The van der Waals surface area contributed by atoms with Crippen molar-refractivity contribution in [2.45, 2.75) is 33.0 Å². The number of carbonyl (C=O) groups is 1. The van der Waals surface area contributed by atoms with Gasteiger partial charge < -0.3 is 33.9 Å². The Balaban J connectivity index is 1.28. The normalized spacial score (nSPS) is 10.9. The number of aryl methyl sites for hydroxylation is 2. The number of imidazole rings is 1. The molecular formula is C35H36ClN3O6. The van der Waals surface area contributed by atoms with Crippen molar-refractivity contribution in [2.75, 3.05) is 25.1 Å². The first-order valence-electron chi connectivity index (χ1n) is 14.8. The Bertz CT molecular complexity index is 1740. The van der Waals surface area contributed by atoms with Crippen LogP contribution in [0.15, 0.2) is 84.9 Å². The largest absolute Gasteiger partial charge is 0.488 e. The Hall–Kier alpha value is -4.73. The third kappa shape index (κ3) is 8.68. The molecule has 234 valence electrons. The van der Waals surface area contributed by atoms with Gasteiger partial charge in [0.1, 0.15) is 42.0 Å². The molecule has 0 saturated heterocycles. The van der Waals surface area contributed by atoms with E-state index in [1.165, 1.54) is 0 Å². The lowest BCUT2D eigenvalue weighted by atomic mass is 10.1. The molecule has 1 aromatic heterocycles. The standard InChI is InChI=1S/C35H36ClN3O6/c1-3-42-35(41)16-10-25-9-13-28(21-33(25)44-22-24-7-11-26(36)12-8-24)43-23-34-38-31-15-14-30(20-32(31)39(34)2)45-29-6-4-5-27(19-29)37-17-18-40/h4-9,11-15,19-21,37,40H,3,10,16-18,22-23H2,1-2H3. The van der Waals surface area contributed by atoms with Crippen molar-refractivity contribution in [3.63, 3.8) is 0 Å². The van der Waals surface area contributed by atoms with E-state index in [1.807, 2.05) is 96.5 Å². The quantitative estimate of drug-likeness (QED) is 0.118. The highest BCUT2D eigenvalue weighted by molar-refractivity contribution is 6.30. The van der Waals surface area contributed by atoms with E-state index in [2.05, 4.69) is 5.32 Å². The van der Waals surface area contributed by atoms with Gasteiger partial charge in [0.25, 0.3) is 0 Å². The number of esters is 1. The molecule has 0 aliphatic carbocycles. The van der Waals surface area contributed by atoms with Crippen LogP contribution in [0.2, 0.25) is 5.02 Å². The number of aromatic nitrogens is 2. The summed E-state index contributed by atoms with van der Waals surface area (Å²) in [6.45, 7) is 3.23. The number of hydrogen-bond acceptors (Lipinski definition) is 8. The number of rotatable bonds is 15. The maximum absolute atomic E-state index is 12.0. The highest BCUT2D eigenvalue weighted by Gasteiger charge is 2.13. The lowest BCUT2D eigenvalue weighted by Gasteiger charge is -2.14. The average molecular weight is 630 g/mol. The summed E-state index contributed by atoms with van der Waals surface area (Å²) in [7, 11) is 1.94. The van der Waals surface area contributed by atoms with Crippen LogP contribution in [0.5, 0.6) is 23.0 Å². The second kappa shape index (κ2) is 15.3. The fourth-order valence-corrected chi connectivity index (χ4v) is 4.87. The highest BCUT2D eigenvalue weighted by atomic mass is 35.5. The predicted octanol–water partition coefficient (Wildman–Crippen LogP) is 7.08. The lowest BCUT2D eigenvalue weighted by Crippen LogP contribution is -2.07. The number of aliphatic hydroxyl groups is 1. The Labute approximate surface area is 267 Å². The molecule has 0 aliphatic heterocycles. The minimum absolute atomic E-state index is 0.0516. The Kier molecular flexibility index (Phi) is 10.8. The van der Waals surface area contributed by atoms with Crippen LogP contribution < -0.4 is 19.5 Å². The molecule has 0 saturated carbocycles. The van der Waals surface area contributed by atoms with Crippen LogP contribution in [0.1, 0.15) is 30.3 Å². The van der Waals surface area contributed by atoms with Crippen LogP contribution in [0.4, 0.5) is 5.69 Å². The van der Waals surface area contributed by atoms with Gasteiger partial charge >= 0.3 is 5.97 Å². The first kappa shape index (κ1) is 31.7. The summed E-state index contributed by atoms with van der Waals surface area (Å²) in [5.41, 5.74) is 4.45. The van der Waals surface area contributed by atoms with Crippen molar-refractivity contribution in [3.8, 4) is 23.0 Å². The summed E-state index contributed by atoms with van der Waals surface area (Å²) in [5.74, 6) is 3.11. The number of fused-ring (bicyclic) bond motifs is 1. The van der Waals surface area contributed by atoms with Crippen molar-refractivity contribution in [2.24, 2.45) is 7.05 Å². The van der Waals surface area contributed by atoms with Crippen molar-refractivity contribution < 1.29 is 28.8 Å². The van der Waals surface area contributed by atoms with Gasteiger partial charge in [-0.25, -0.2) is 4.98 Å². The van der Waals surface area contributed by atoms with E-state index in [4.69, 9.17) is 40.6 Å². The van der Waals surface area contributed by atoms with Crippen LogP contribution in [0.25, 0.3) is 11.0 Å². The molecule has 0 radical (unpaired) electrons. The number of benzene rings is 4. The Morgan fingerprint density at radius 3 is 2.53 bits per heavy atom. The Morgan fingerprint density at radius 1 is 0.933 bits per heavy atom. The molecule has 5 rings (SSSR count). The molecule has 0 atom stereocenters. The van der Waals surface area contributed by atoms with Gasteiger partial charge in [-0.3, -0.25) is 4.79 Å². The summed E-state index contributed by atoms with van der Waals surface area (Å²) in [6.07, 6.45) is 0.733. The summed E-state index contributed by atoms with van der Waals surface area (Å²) >= 11 is 6.03. The summed E-state index contributed by atoms with van der Waals surface area (Å²) in [6, 6.07) is 26.4. The molecule has 0 aliphatic rings. The number of nitrogens with one attached hydrogen (secondary N) is 1. The molecule has 0 spiro atoms. The number of nitrogens with zero attached hydrogens (tertiary/aromatic N) is 2. The third-order valence-electron chi connectivity index (χ3n) is 7.07. The number of anilines is 1. The summed E-state index contributed by atoms with van der Waals surface area (Å²) in [5, 5.41) is 12.9. The van der Waals surface area contributed by atoms with E-state index in [0.717, 1.165) is 33.7 Å². The lowest BCUT2D eigenvalue weighted by molar-refractivity contribution is -0.143. The molecule has 0 fully saturated rings. The zero-order valence-corrected chi connectivity index (χ0v) is 26.0. The van der Waals surface area contributed by atoms with E-state index < -0.39 is 0 Å². The smallest absolute Gasteiger partial charge is 0.306 e. The summed E-state index contributed by atoms with van der Waals surface area (Å²) < 4.78 is 25.5. The van der Waals surface area contributed by atoms with Gasteiger partial charge in [0, 0.05) is 48.9 Å². The topological polar surface area (TPSA) is 104 Å². The van der Waals surface area contributed by atoms with Gasteiger partial charge in [0.05, 0.1) is 24.2 Å². The minimum atomic E-state index is -0.250.